The van der Waals surface area contributed by atoms with Crippen LogP contribution in [0.4, 0.5) is 0 Å². The highest BCUT2D eigenvalue weighted by Crippen LogP contribution is 2.49. The molecule has 1 N–H and O–H groups in total. The number of rotatable bonds is 4. The summed E-state index contributed by atoms with van der Waals surface area (Å²) in [7, 11) is 0. The molecular formula is C25H32N2O. The van der Waals surface area contributed by atoms with Gasteiger partial charge in [0.25, 0.3) is 5.91 Å². The lowest BCUT2D eigenvalue weighted by atomic mass is 9.62. The number of piperidine rings is 1. The van der Waals surface area contributed by atoms with Crippen molar-refractivity contribution in [2.45, 2.75) is 45.4 Å². The molecule has 2 aromatic carbocycles. The summed E-state index contributed by atoms with van der Waals surface area (Å²) in [5.74, 6) is 0.566. The Morgan fingerprint density at radius 3 is 2.39 bits per heavy atom. The molecule has 3 heteroatoms. The third-order valence-electron chi connectivity index (χ3n) is 6.91. The van der Waals surface area contributed by atoms with E-state index in [2.05, 4.69) is 41.7 Å². The third-order valence-corrected chi connectivity index (χ3v) is 6.91. The summed E-state index contributed by atoms with van der Waals surface area (Å²) >= 11 is 0. The highest BCUT2D eigenvalue weighted by molar-refractivity contribution is 5.94. The molecule has 4 rings (SSSR count). The quantitative estimate of drug-likeness (QED) is 0.845. The zero-order valence-corrected chi connectivity index (χ0v) is 17.2. The summed E-state index contributed by atoms with van der Waals surface area (Å²) in [5, 5.41) is 3.53. The highest BCUT2D eigenvalue weighted by Gasteiger charge is 2.40. The van der Waals surface area contributed by atoms with E-state index in [4.69, 9.17) is 0 Å². The summed E-state index contributed by atoms with van der Waals surface area (Å²) < 4.78 is 0. The minimum atomic E-state index is 0.135. The maximum absolute atomic E-state index is 12.7. The van der Waals surface area contributed by atoms with Crippen LogP contribution in [0.3, 0.4) is 0 Å². The molecule has 0 bridgehead atoms. The molecule has 1 saturated heterocycles. The second-order valence-electron chi connectivity index (χ2n) is 8.48. The molecule has 1 aliphatic heterocycles. The second-order valence-corrected chi connectivity index (χ2v) is 8.48. The first-order chi connectivity index (χ1) is 13.7. The number of hydrogen-bond donors (Lipinski definition) is 1. The van der Waals surface area contributed by atoms with Crippen molar-refractivity contribution in [3.05, 3.63) is 70.8 Å². The van der Waals surface area contributed by atoms with Gasteiger partial charge in [0.05, 0.1) is 0 Å². The van der Waals surface area contributed by atoms with E-state index < -0.39 is 0 Å². The predicted octanol–water partition coefficient (Wildman–Crippen LogP) is 4.62. The summed E-state index contributed by atoms with van der Waals surface area (Å²) in [4.78, 5) is 14.5. The molecule has 3 nitrogen and oxygen atoms in total. The van der Waals surface area contributed by atoms with E-state index in [0.29, 0.717) is 11.3 Å². The molecule has 2 aliphatic rings. The van der Waals surface area contributed by atoms with Crippen molar-refractivity contribution in [3.8, 4) is 0 Å². The largest absolute Gasteiger partial charge is 0.339 e. The van der Waals surface area contributed by atoms with Crippen LogP contribution in [0.25, 0.3) is 0 Å². The van der Waals surface area contributed by atoms with Gasteiger partial charge >= 0.3 is 0 Å². The van der Waals surface area contributed by atoms with Gasteiger partial charge in [-0.15, -0.1) is 0 Å². The van der Waals surface area contributed by atoms with Crippen molar-refractivity contribution in [2.75, 3.05) is 26.2 Å². The zero-order chi connectivity index (χ0) is 19.6. The Labute approximate surface area is 169 Å². The molecule has 0 saturated carbocycles. The first-order valence-electron chi connectivity index (χ1n) is 10.8. The average molecular weight is 377 g/mol. The molecule has 2 aromatic rings. The SMILES string of the molecule is CCN(CC)C(=O)c1ccc(C2CC3(CCNCC3)Cc3ccccc32)cc1. The molecule has 1 fully saturated rings. The van der Waals surface area contributed by atoms with E-state index in [1.807, 2.05) is 30.9 Å². The fourth-order valence-electron chi connectivity index (χ4n) is 5.24. The van der Waals surface area contributed by atoms with Crippen LogP contribution in [0.15, 0.2) is 48.5 Å². The molecule has 1 amide bonds. The standard InChI is InChI=1S/C25H32N2O/c1-3-27(4-2)24(28)20-11-9-19(10-12-20)23-18-25(13-15-26-16-14-25)17-21-7-5-6-8-22(21)23/h5-12,23,26H,3-4,13-18H2,1-2H3. The minimum Gasteiger partial charge on any atom is -0.339 e. The predicted molar refractivity (Wildman–Crippen MR) is 115 cm³/mol. The lowest BCUT2D eigenvalue weighted by Crippen LogP contribution is -2.41. The molecule has 1 spiro atoms. The first kappa shape index (κ1) is 19.2. The van der Waals surface area contributed by atoms with Gasteiger partial charge in [-0.3, -0.25) is 4.79 Å². The van der Waals surface area contributed by atoms with Crippen molar-refractivity contribution in [2.24, 2.45) is 5.41 Å². The van der Waals surface area contributed by atoms with Crippen LogP contribution in [0.1, 0.15) is 66.1 Å². The molecule has 28 heavy (non-hydrogen) atoms. The number of fused-ring (bicyclic) bond motifs is 1. The van der Waals surface area contributed by atoms with Gasteiger partial charge in [0.1, 0.15) is 0 Å². The lowest BCUT2D eigenvalue weighted by molar-refractivity contribution is 0.0773. The van der Waals surface area contributed by atoms with E-state index in [1.165, 1.54) is 42.4 Å². The van der Waals surface area contributed by atoms with Crippen LogP contribution in [-0.4, -0.2) is 37.0 Å². The molecule has 1 unspecified atom stereocenters. The molecule has 0 radical (unpaired) electrons. The number of carbonyl (C=O) groups excluding carboxylic acids is 1. The zero-order valence-electron chi connectivity index (χ0n) is 17.2. The van der Waals surface area contributed by atoms with E-state index in [-0.39, 0.29) is 5.91 Å². The van der Waals surface area contributed by atoms with Crippen LogP contribution in [-0.2, 0) is 6.42 Å². The van der Waals surface area contributed by atoms with Crippen molar-refractivity contribution in [1.82, 2.24) is 10.2 Å². The van der Waals surface area contributed by atoms with Gasteiger partial charge in [-0.1, -0.05) is 36.4 Å². The molecule has 148 valence electrons. The van der Waals surface area contributed by atoms with Gasteiger partial charge in [0, 0.05) is 24.6 Å². The van der Waals surface area contributed by atoms with Gasteiger partial charge in [-0.2, -0.15) is 0 Å². The Balaban J connectivity index is 1.64. The topological polar surface area (TPSA) is 32.3 Å². The average Bonchev–Trinajstić information content (AvgIpc) is 2.74. The third kappa shape index (κ3) is 3.60. The summed E-state index contributed by atoms with van der Waals surface area (Å²) in [6, 6.07) is 17.4. The van der Waals surface area contributed by atoms with Gasteiger partial charge in [-0.25, -0.2) is 0 Å². The van der Waals surface area contributed by atoms with Crippen molar-refractivity contribution in [1.29, 1.82) is 0 Å². The number of carbonyl (C=O) groups is 1. The van der Waals surface area contributed by atoms with Crippen LogP contribution < -0.4 is 5.32 Å². The number of nitrogens with one attached hydrogen (secondary N) is 1. The Morgan fingerprint density at radius 2 is 1.71 bits per heavy atom. The molecular weight excluding hydrogens is 344 g/mol. The van der Waals surface area contributed by atoms with Crippen LogP contribution in [0.5, 0.6) is 0 Å². The fourth-order valence-corrected chi connectivity index (χ4v) is 5.24. The van der Waals surface area contributed by atoms with Gasteiger partial charge in [0.2, 0.25) is 0 Å². The Kier molecular flexibility index (Phi) is 5.54. The van der Waals surface area contributed by atoms with Gasteiger partial charge in [0.15, 0.2) is 0 Å². The smallest absolute Gasteiger partial charge is 0.253 e. The maximum atomic E-state index is 12.7. The van der Waals surface area contributed by atoms with E-state index in [0.717, 1.165) is 31.7 Å². The number of amides is 1. The molecule has 1 heterocycles. The van der Waals surface area contributed by atoms with Crippen LogP contribution in [0.2, 0.25) is 0 Å². The Morgan fingerprint density at radius 1 is 1.04 bits per heavy atom. The molecule has 0 aromatic heterocycles. The van der Waals surface area contributed by atoms with Crippen LogP contribution in [0, 0.1) is 5.41 Å². The number of hydrogen-bond acceptors (Lipinski definition) is 2. The molecule has 1 atom stereocenters. The summed E-state index contributed by atoms with van der Waals surface area (Å²) in [5.41, 5.74) is 5.56. The summed E-state index contributed by atoms with van der Waals surface area (Å²) in [6.07, 6.45) is 4.95. The Bertz CT molecular complexity index is 817. The first-order valence-corrected chi connectivity index (χ1v) is 10.8. The van der Waals surface area contributed by atoms with E-state index in [9.17, 15) is 4.79 Å². The van der Waals surface area contributed by atoms with Crippen molar-refractivity contribution < 1.29 is 4.79 Å². The van der Waals surface area contributed by atoms with Gasteiger partial charge < -0.3 is 10.2 Å². The lowest BCUT2D eigenvalue weighted by Gasteiger charge is -2.45. The number of benzene rings is 2. The van der Waals surface area contributed by atoms with E-state index >= 15 is 0 Å². The fraction of sp³-hybridized carbons (Fsp3) is 0.480. The normalized spacial score (nSPS) is 20.6. The van der Waals surface area contributed by atoms with Crippen molar-refractivity contribution >= 4 is 5.91 Å². The maximum Gasteiger partial charge on any atom is 0.253 e. The molecule has 1 aliphatic carbocycles. The van der Waals surface area contributed by atoms with Gasteiger partial charge in [-0.05, 0) is 86.9 Å². The second kappa shape index (κ2) is 8.08. The number of nitrogens with zero attached hydrogens (tertiary/aromatic N) is 1. The van der Waals surface area contributed by atoms with Crippen LogP contribution >= 0.6 is 0 Å². The van der Waals surface area contributed by atoms with Crippen molar-refractivity contribution in [3.63, 3.8) is 0 Å². The monoisotopic (exact) mass is 376 g/mol. The summed E-state index contributed by atoms with van der Waals surface area (Å²) in [6.45, 7) is 7.84. The van der Waals surface area contributed by atoms with E-state index in [1.54, 1.807) is 0 Å². The minimum absolute atomic E-state index is 0.135. The Hall–Kier alpha value is -2.13. The highest BCUT2D eigenvalue weighted by atomic mass is 16.2.